The molecule has 0 fully saturated rings. The number of nitro benzene ring substituents is 1. The Morgan fingerprint density at radius 2 is 1.90 bits per heavy atom. The predicted octanol–water partition coefficient (Wildman–Crippen LogP) is 2.85. The van der Waals surface area contributed by atoms with Crippen LogP contribution < -0.4 is 14.8 Å². The molecule has 1 N–H and O–H groups in total. The summed E-state index contributed by atoms with van der Waals surface area (Å²) in [5, 5.41) is 23.2. The summed E-state index contributed by atoms with van der Waals surface area (Å²) >= 11 is 0. The minimum atomic E-state index is -0.827. The third kappa shape index (κ3) is 3.72. The summed E-state index contributed by atoms with van der Waals surface area (Å²) < 4.78 is 10.7. The number of hydrogen-bond acceptors (Lipinski definition) is 8. The van der Waals surface area contributed by atoms with Gasteiger partial charge in [0.1, 0.15) is 30.5 Å². The van der Waals surface area contributed by atoms with Crippen LogP contribution in [0.1, 0.15) is 5.69 Å². The lowest BCUT2D eigenvalue weighted by atomic mass is 10.2. The van der Waals surface area contributed by atoms with Gasteiger partial charge in [0.2, 0.25) is 0 Å². The maximum absolute atomic E-state index is 12.6. The van der Waals surface area contributed by atoms with Crippen molar-refractivity contribution in [1.29, 1.82) is 5.26 Å². The fourth-order valence-electron chi connectivity index (χ4n) is 2.86. The highest BCUT2D eigenvalue weighted by Crippen LogP contribution is 2.39. The van der Waals surface area contributed by atoms with Gasteiger partial charge in [0.15, 0.2) is 11.5 Å². The Balaban J connectivity index is 1.65. The number of ether oxygens (including phenoxy) is 2. The number of aromatic nitrogens is 2. The van der Waals surface area contributed by atoms with Crippen LogP contribution in [0.25, 0.3) is 17.1 Å². The average molecular weight is 403 g/mol. The SMILES string of the molecule is N#C/C(=C\c1cnc2ccccc2n1)C(=O)Nc1cc2c(cc1[N+](=O)[O-])OCCO2. The molecule has 0 aliphatic carbocycles. The van der Waals surface area contributed by atoms with E-state index in [1.807, 2.05) is 6.07 Å². The summed E-state index contributed by atoms with van der Waals surface area (Å²) in [6.45, 7) is 0.548. The first-order valence-corrected chi connectivity index (χ1v) is 8.78. The molecule has 2 aromatic carbocycles. The van der Waals surface area contributed by atoms with Gasteiger partial charge in [0.05, 0.1) is 33.9 Å². The number of carbonyl (C=O) groups is 1. The number of nitro groups is 1. The molecular formula is C20H13N5O5. The van der Waals surface area contributed by atoms with Gasteiger partial charge < -0.3 is 14.8 Å². The number of nitriles is 1. The van der Waals surface area contributed by atoms with Crippen LogP contribution in [-0.4, -0.2) is 34.0 Å². The third-order valence-electron chi connectivity index (χ3n) is 4.23. The number of rotatable bonds is 4. The third-order valence-corrected chi connectivity index (χ3v) is 4.23. The molecule has 1 aliphatic heterocycles. The fourth-order valence-corrected chi connectivity index (χ4v) is 2.86. The van der Waals surface area contributed by atoms with Crippen molar-refractivity contribution >= 4 is 34.4 Å². The van der Waals surface area contributed by atoms with E-state index < -0.39 is 10.8 Å². The summed E-state index contributed by atoms with van der Waals surface area (Å²) in [5.41, 5.74) is 0.798. The van der Waals surface area contributed by atoms with E-state index in [0.29, 0.717) is 16.7 Å². The van der Waals surface area contributed by atoms with E-state index in [4.69, 9.17) is 9.47 Å². The summed E-state index contributed by atoms with van der Waals surface area (Å²) in [7, 11) is 0. The van der Waals surface area contributed by atoms with Crippen molar-refractivity contribution in [1.82, 2.24) is 9.97 Å². The molecule has 0 radical (unpaired) electrons. The molecule has 0 saturated heterocycles. The van der Waals surface area contributed by atoms with Crippen molar-refractivity contribution in [2.75, 3.05) is 18.5 Å². The van der Waals surface area contributed by atoms with Gasteiger partial charge >= 0.3 is 0 Å². The number of benzene rings is 2. The molecule has 4 rings (SSSR count). The minimum Gasteiger partial charge on any atom is -0.486 e. The van der Waals surface area contributed by atoms with Crippen molar-refractivity contribution in [3.63, 3.8) is 0 Å². The molecule has 2 heterocycles. The molecule has 0 saturated carbocycles. The molecular weight excluding hydrogens is 390 g/mol. The number of amides is 1. The summed E-state index contributed by atoms with van der Waals surface area (Å²) in [5.74, 6) is -0.342. The lowest BCUT2D eigenvalue weighted by Gasteiger charge is -2.19. The first kappa shape index (κ1) is 18.8. The normalized spacial score (nSPS) is 12.8. The summed E-state index contributed by atoms with van der Waals surface area (Å²) in [6, 6.07) is 11.4. The second-order valence-electron chi connectivity index (χ2n) is 6.18. The molecule has 0 spiro atoms. The second-order valence-corrected chi connectivity index (χ2v) is 6.18. The smallest absolute Gasteiger partial charge is 0.296 e. The minimum absolute atomic E-state index is 0.111. The van der Waals surface area contributed by atoms with E-state index in [1.165, 1.54) is 24.4 Å². The first-order valence-electron chi connectivity index (χ1n) is 8.78. The molecule has 0 atom stereocenters. The summed E-state index contributed by atoms with van der Waals surface area (Å²) in [4.78, 5) is 31.9. The number of nitrogens with zero attached hydrogens (tertiary/aromatic N) is 4. The Bertz CT molecular complexity index is 1250. The molecule has 3 aromatic rings. The Morgan fingerprint density at radius 1 is 1.20 bits per heavy atom. The van der Waals surface area contributed by atoms with Gasteiger partial charge in [-0.25, -0.2) is 4.98 Å². The maximum atomic E-state index is 12.6. The largest absolute Gasteiger partial charge is 0.486 e. The van der Waals surface area contributed by atoms with Gasteiger partial charge in [-0.1, -0.05) is 12.1 Å². The van der Waals surface area contributed by atoms with Crippen molar-refractivity contribution in [2.45, 2.75) is 0 Å². The lowest BCUT2D eigenvalue weighted by Crippen LogP contribution is -2.18. The number of para-hydroxylation sites is 2. The van der Waals surface area contributed by atoms with Crippen LogP contribution in [0.5, 0.6) is 11.5 Å². The monoisotopic (exact) mass is 403 g/mol. The number of fused-ring (bicyclic) bond motifs is 2. The van der Waals surface area contributed by atoms with Crippen molar-refractivity contribution in [3.8, 4) is 17.6 Å². The van der Waals surface area contributed by atoms with Gasteiger partial charge in [-0.05, 0) is 18.2 Å². The molecule has 0 bridgehead atoms. The van der Waals surface area contributed by atoms with Gasteiger partial charge in [0, 0.05) is 6.07 Å². The van der Waals surface area contributed by atoms with E-state index in [2.05, 4.69) is 15.3 Å². The van der Waals surface area contributed by atoms with Crippen LogP contribution in [-0.2, 0) is 4.79 Å². The second kappa shape index (κ2) is 7.84. The van der Waals surface area contributed by atoms with Gasteiger partial charge in [-0.3, -0.25) is 19.9 Å². The van der Waals surface area contributed by atoms with Crippen LogP contribution in [0.4, 0.5) is 11.4 Å². The average Bonchev–Trinajstić information content (AvgIpc) is 2.76. The van der Waals surface area contributed by atoms with E-state index in [1.54, 1.807) is 24.3 Å². The van der Waals surface area contributed by atoms with Crippen LogP contribution in [0, 0.1) is 21.4 Å². The molecule has 30 heavy (non-hydrogen) atoms. The highest BCUT2D eigenvalue weighted by molar-refractivity contribution is 6.10. The number of hydrogen-bond donors (Lipinski definition) is 1. The first-order chi connectivity index (χ1) is 14.5. The standard InChI is InChI=1S/C20H13N5O5/c21-10-12(7-13-11-22-14-3-1-2-4-15(14)23-13)20(26)24-16-8-18-19(30-6-5-29-18)9-17(16)25(27)28/h1-4,7-9,11H,5-6H2,(H,24,26)/b12-7+. The Labute approximate surface area is 169 Å². The van der Waals surface area contributed by atoms with E-state index in [0.717, 1.165) is 0 Å². The van der Waals surface area contributed by atoms with E-state index in [-0.39, 0.29) is 41.7 Å². The van der Waals surface area contributed by atoms with Crippen molar-refractivity contribution in [3.05, 3.63) is 64.0 Å². The van der Waals surface area contributed by atoms with Crippen LogP contribution in [0.15, 0.2) is 48.2 Å². The zero-order valence-corrected chi connectivity index (χ0v) is 15.4. The Morgan fingerprint density at radius 3 is 2.60 bits per heavy atom. The van der Waals surface area contributed by atoms with E-state index >= 15 is 0 Å². The molecule has 10 heteroatoms. The highest BCUT2D eigenvalue weighted by Gasteiger charge is 2.24. The molecule has 148 valence electrons. The molecule has 1 aliphatic rings. The zero-order valence-electron chi connectivity index (χ0n) is 15.4. The van der Waals surface area contributed by atoms with Crippen LogP contribution >= 0.6 is 0 Å². The molecule has 1 aromatic heterocycles. The van der Waals surface area contributed by atoms with E-state index in [9.17, 15) is 20.2 Å². The number of carbonyl (C=O) groups excluding carboxylic acids is 1. The zero-order chi connectivity index (χ0) is 21.1. The number of anilines is 1. The van der Waals surface area contributed by atoms with Gasteiger partial charge in [-0.2, -0.15) is 5.26 Å². The topological polar surface area (TPSA) is 140 Å². The molecule has 1 amide bonds. The summed E-state index contributed by atoms with van der Waals surface area (Å²) in [6.07, 6.45) is 2.69. The van der Waals surface area contributed by atoms with Gasteiger partial charge in [0.25, 0.3) is 11.6 Å². The number of nitrogens with one attached hydrogen (secondary N) is 1. The molecule has 0 unspecified atom stereocenters. The predicted molar refractivity (Wildman–Crippen MR) is 106 cm³/mol. The lowest BCUT2D eigenvalue weighted by molar-refractivity contribution is -0.384. The highest BCUT2D eigenvalue weighted by atomic mass is 16.6. The van der Waals surface area contributed by atoms with Gasteiger partial charge in [-0.15, -0.1) is 0 Å². The van der Waals surface area contributed by atoms with Crippen LogP contribution in [0.2, 0.25) is 0 Å². The van der Waals surface area contributed by atoms with Crippen molar-refractivity contribution in [2.24, 2.45) is 0 Å². The maximum Gasteiger partial charge on any atom is 0.296 e. The quantitative estimate of drug-likeness (QED) is 0.303. The Hall–Kier alpha value is -4.52. The van der Waals surface area contributed by atoms with Crippen molar-refractivity contribution < 1.29 is 19.2 Å². The van der Waals surface area contributed by atoms with Crippen LogP contribution in [0.3, 0.4) is 0 Å². The molecule has 10 nitrogen and oxygen atoms in total. The fraction of sp³-hybridized carbons (Fsp3) is 0.100. The Kier molecular flexibility index (Phi) is 4.92.